The van der Waals surface area contributed by atoms with Crippen LogP contribution in [0.3, 0.4) is 0 Å². The van der Waals surface area contributed by atoms with Crippen molar-refractivity contribution in [2.75, 3.05) is 13.1 Å². The molecule has 0 spiro atoms. The molecule has 0 saturated heterocycles. The van der Waals surface area contributed by atoms with Crippen molar-refractivity contribution < 1.29 is 4.52 Å². The molecule has 2 rings (SSSR count). The van der Waals surface area contributed by atoms with E-state index in [4.69, 9.17) is 4.52 Å². The third-order valence-electron chi connectivity index (χ3n) is 4.42. The molecule has 1 fully saturated rings. The van der Waals surface area contributed by atoms with E-state index in [-0.39, 0.29) is 0 Å². The van der Waals surface area contributed by atoms with Gasteiger partial charge in [-0.05, 0) is 44.4 Å². The van der Waals surface area contributed by atoms with Crippen molar-refractivity contribution >= 4 is 5.96 Å². The molecule has 0 amide bonds. The van der Waals surface area contributed by atoms with Gasteiger partial charge in [-0.1, -0.05) is 31.8 Å². The molecule has 0 aliphatic heterocycles. The van der Waals surface area contributed by atoms with E-state index < -0.39 is 0 Å². The fourth-order valence-electron chi connectivity index (χ4n) is 3.61. The van der Waals surface area contributed by atoms with E-state index >= 15 is 0 Å². The van der Waals surface area contributed by atoms with E-state index in [0.29, 0.717) is 23.7 Å². The van der Waals surface area contributed by atoms with Crippen LogP contribution in [0.25, 0.3) is 0 Å². The van der Waals surface area contributed by atoms with Gasteiger partial charge in [-0.15, -0.1) is 0 Å². The number of rotatable bonds is 7. The van der Waals surface area contributed by atoms with Gasteiger partial charge in [-0.25, -0.2) is 4.99 Å². The van der Waals surface area contributed by atoms with Gasteiger partial charge in [-0.3, -0.25) is 0 Å². The first-order chi connectivity index (χ1) is 11.0. The first-order valence-electron chi connectivity index (χ1n) is 8.84. The molecule has 0 atom stereocenters. The molecule has 1 aliphatic carbocycles. The molecule has 0 aromatic carbocycles. The third kappa shape index (κ3) is 5.52. The zero-order valence-electron chi connectivity index (χ0n) is 15.0. The Morgan fingerprint density at radius 3 is 2.61 bits per heavy atom. The SMILES string of the molecule is CCNC(=NCc1nc(C)no1)NCC1(CC(C)C)CCCC1. The summed E-state index contributed by atoms with van der Waals surface area (Å²) in [6, 6.07) is 0. The van der Waals surface area contributed by atoms with Crippen LogP contribution in [0.4, 0.5) is 0 Å². The van der Waals surface area contributed by atoms with Crippen LogP contribution in [0.2, 0.25) is 0 Å². The predicted octanol–water partition coefficient (Wildman–Crippen LogP) is 3.04. The van der Waals surface area contributed by atoms with Crippen LogP contribution < -0.4 is 10.6 Å². The van der Waals surface area contributed by atoms with E-state index in [1.165, 1.54) is 32.1 Å². The van der Waals surface area contributed by atoms with Crippen LogP contribution in [-0.4, -0.2) is 29.2 Å². The monoisotopic (exact) mass is 321 g/mol. The largest absolute Gasteiger partial charge is 0.357 e. The molecule has 1 aromatic rings. The van der Waals surface area contributed by atoms with Gasteiger partial charge < -0.3 is 15.2 Å². The summed E-state index contributed by atoms with van der Waals surface area (Å²) in [5, 5.41) is 10.6. The van der Waals surface area contributed by atoms with Crippen molar-refractivity contribution in [2.45, 2.75) is 66.3 Å². The van der Waals surface area contributed by atoms with E-state index in [2.05, 4.69) is 46.5 Å². The number of guanidine groups is 1. The highest BCUT2D eigenvalue weighted by Gasteiger charge is 2.34. The molecule has 0 radical (unpaired) electrons. The Bertz CT molecular complexity index is 503. The molecule has 6 nitrogen and oxygen atoms in total. The predicted molar refractivity (Wildman–Crippen MR) is 92.2 cm³/mol. The summed E-state index contributed by atoms with van der Waals surface area (Å²) in [5.41, 5.74) is 0.422. The average Bonchev–Trinajstić information content (AvgIpc) is 3.11. The number of nitrogens with one attached hydrogen (secondary N) is 2. The van der Waals surface area contributed by atoms with Gasteiger partial charge in [-0.2, -0.15) is 4.98 Å². The highest BCUT2D eigenvalue weighted by Crippen LogP contribution is 2.42. The first kappa shape index (κ1) is 17.8. The van der Waals surface area contributed by atoms with Gasteiger partial charge in [0, 0.05) is 13.1 Å². The Labute approximate surface area is 139 Å². The van der Waals surface area contributed by atoms with Crippen LogP contribution in [0, 0.1) is 18.3 Å². The minimum absolute atomic E-state index is 0.410. The van der Waals surface area contributed by atoms with E-state index in [0.717, 1.165) is 25.0 Å². The van der Waals surface area contributed by atoms with E-state index in [9.17, 15) is 0 Å². The molecule has 2 N–H and O–H groups in total. The molecule has 1 aliphatic rings. The molecule has 0 unspecified atom stereocenters. The first-order valence-corrected chi connectivity index (χ1v) is 8.84. The summed E-state index contributed by atoms with van der Waals surface area (Å²) in [6.45, 7) is 10.8. The Morgan fingerprint density at radius 1 is 1.30 bits per heavy atom. The standard InChI is InChI=1S/C17H31N5O/c1-5-18-16(19-11-15-21-14(4)22-23-15)20-12-17(10-13(2)3)8-6-7-9-17/h13H,5-12H2,1-4H3,(H2,18,19,20). The minimum Gasteiger partial charge on any atom is -0.357 e. The second kappa shape index (κ2) is 8.31. The van der Waals surface area contributed by atoms with Gasteiger partial charge in [0.25, 0.3) is 0 Å². The Kier molecular flexibility index (Phi) is 6.42. The third-order valence-corrected chi connectivity index (χ3v) is 4.42. The maximum atomic E-state index is 5.12. The summed E-state index contributed by atoms with van der Waals surface area (Å²) < 4.78 is 5.12. The van der Waals surface area contributed by atoms with Gasteiger partial charge in [0.1, 0.15) is 6.54 Å². The fraction of sp³-hybridized carbons (Fsp3) is 0.824. The number of aromatic nitrogens is 2. The fourth-order valence-corrected chi connectivity index (χ4v) is 3.61. The van der Waals surface area contributed by atoms with Crippen LogP contribution in [0.15, 0.2) is 9.52 Å². The van der Waals surface area contributed by atoms with Crippen LogP contribution >= 0.6 is 0 Å². The number of nitrogens with zero attached hydrogens (tertiary/aromatic N) is 3. The topological polar surface area (TPSA) is 75.3 Å². The van der Waals surface area contributed by atoms with Crippen LogP contribution in [-0.2, 0) is 6.54 Å². The van der Waals surface area contributed by atoms with Gasteiger partial charge in [0.2, 0.25) is 5.89 Å². The van der Waals surface area contributed by atoms with Crippen molar-refractivity contribution in [3.63, 3.8) is 0 Å². The molecule has 1 saturated carbocycles. The van der Waals surface area contributed by atoms with Crippen molar-refractivity contribution in [2.24, 2.45) is 16.3 Å². The molecule has 1 heterocycles. The second-order valence-corrected chi connectivity index (χ2v) is 7.09. The highest BCUT2D eigenvalue weighted by molar-refractivity contribution is 5.79. The van der Waals surface area contributed by atoms with E-state index in [1.807, 2.05) is 6.92 Å². The number of hydrogen-bond acceptors (Lipinski definition) is 4. The molecule has 6 heteroatoms. The molecule has 23 heavy (non-hydrogen) atoms. The quantitative estimate of drug-likeness (QED) is 0.596. The van der Waals surface area contributed by atoms with Gasteiger partial charge in [0.15, 0.2) is 11.8 Å². The smallest absolute Gasteiger partial charge is 0.248 e. The Balaban J connectivity index is 1.94. The molecule has 0 bridgehead atoms. The van der Waals surface area contributed by atoms with E-state index in [1.54, 1.807) is 0 Å². The lowest BCUT2D eigenvalue weighted by atomic mass is 9.78. The molecule has 1 aromatic heterocycles. The maximum Gasteiger partial charge on any atom is 0.248 e. The minimum atomic E-state index is 0.410. The highest BCUT2D eigenvalue weighted by atomic mass is 16.5. The number of aryl methyl sites for hydroxylation is 1. The number of aliphatic imine (C=N–C) groups is 1. The van der Waals surface area contributed by atoms with Gasteiger partial charge in [0.05, 0.1) is 0 Å². The second-order valence-electron chi connectivity index (χ2n) is 7.09. The summed E-state index contributed by atoms with van der Waals surface area (Å²) in [5.74, 6) is 2.77. The summed E-state index contributed by atoms with van der Waals surface area (Å²) >= 11 is 0. The summed E-state index contributed by atoms with van der Waals surface area (Å²) in [4.78, 5) is 8.76. The molecule has 130 valence electrons. The van der Waals surface area contributed by atoms with Crippen molar-refractivity contribution in [3.8, 4) is 0 Å². The lowest BCUT2D eigenvalue weighted by molar-refractivity contribution is 0.234. The maximum absolute atomic E-state index is 5.12. The van der Waals surface area contributed by atoms with Crippen molar-refractivity contribution in [1.82, 2.24) is 20.8 Å². The lowest BCUT2D eigenvalue weighted by Gasteiger charge is -2.31. The normalized spacial score (nSPS) is 17.7. The van der Waals surface area contributed by atoms with Crippen LogP contribution in [0.5, 0.6) is 0 Å². The zero-order valence-corrected chi connectivity index (χ0v) is 15.0. The molecular weight excluding hydrogens is 290 g/mol. The average molecular weight is 321 g/mol. The van der Waals surface area contributed by atoms with Crippen molar-refractivity contribution in [1.29, 1.82) is 0 Å². The summed E-state index contributed by atoms with van der Waals surface area (Å²) in [7, 11) is 0. The van der Waals surface area contributed by atoms with Crippen LogP contribution in [0.1, 0.15) is 64.6 Å². The summed E-state index contributed by atoms with van der Waals surface area (Å²) in [6.07, 6.45) is 6.62. The van der Waals surface area contributed by atoms with Crippen molar-refractivity contribution in [3.05, 3.63) is 11.7 Å². The van der Waals surface area contributed by atoms with Gasteiger partial charge >= 0.3 is 0 Å². The lowest BCUT2D eigenvalue weighted by Crippen LogP contribution is -2.43. The zero-order chi connectivity index (χ0) is 16.7. The molecular formula is C17H31N5O. The Morgan fingerprint density at radius 2 is 2.04 bits per heavy atom. The Hall–Kier alpha value is -1.59. The number of hydrogen-bond donors (Lipinski definition) is 2.